The van der Waals surface area contributed by atoms with Crippen LogP contribution in [0.2, 0.25) is 0 Å². The zero-order valence-corrected chi connectivity index (χ0v) is 15.5. The molecule has 1 aliphatic heterocycles. The third kappa shape index (κ3) is 3.84. The smallest absolute Gasteiger partial charge is 0.254 e. The van der Waals surface area contributed by atoms with E-state index >= 15 is 0 Å². The van der Waals surface area contributed by atoms with E-state index in [0.717, 1.165) is 44.6 Å². The Balaban J connectivity index is 1.73. The highest BCUT2D eigenvalue weighted by Gasteiger charge is 2.28. The van der Waals surface area contributed by atoms with Gasteiger partial charge in [-0.1, -0.05) is 13.3 Å². The Morgan fingerprint density at radius 2 is 2.27 bits per heavy atom. The number of amides is 1. The van der Waals surface area contributed by atoms with Gasteiger partial charge in [0, 0.05) is 43.5 Å². The minimum atomic E-state index is -0.0562. The molecule has 1 amide bonds. The SMILES string of the molecule is CCCCn1ccnc1[C@H]1CCCN(C(=O)c2ccc(OC)c(O)c2)C1. The van der Waals surface area contributed by atoms with Crippen LogP contribution in [0.4, 0.5) is 0 Å². The molecule has 0 saturated carbocycles. The van der Waals surface area contributed by atoms with Gasteiger partial charge in [-0.2, -0.15) is 0 Å². The van der Waals surface area contributed by atoms with Gasteiger partial charge < -0.3 is 19.3 Å². The molecule has 26 heavy (non-hydrogen) atoms. The molecule has 1 aromatic heterocycles. The van der Waals surface area contributed by atoms with Crippen LogP contribution >= 0.6 is 0 Å². The molecule has 0 unspecified atom stereocenters. The number of carbonyl (C=O) groups excluding carboxylic acids is 1. The van der Waals surface area contributed by atoms with Crippen LogP contribution in [0.25, 0.3) is 0 Å². The topological polar surface area (TPSA) is 67.6 Å². The molecule has 3 rings (SSSR count). The van der Waals surface area contributed by atoms with E-state index in [-0.39, 0.29) is 17.6 Å². The standard InChI is InChI=1S/C20H27N3O3/c1-3-4-10-22-12-9-21-19(22)16-6-5-11-23(14-16)20(25)15-7-8-18(26-2)17(24)13-15/h7-9,12-13,16,24H,3-6,10-11,14H2,1-2H3/t16-/m0/s1. The first kappa shape index (κ1) is 18.3. The van der Waals surface area contributed by atoms with Crippen molar-refractivity contribution in [3.63, 3.8) is 0 Å². The highest BCUT2D eigenvalue weighted by molar-refractivity contribution is 5.95. The Labute approximate surface area is 154 Å². The molecule has 0 bridgehead atoms. The van der Waals surface area contributed by atoms with Gasteiger partial charge in [0.2, 0.25) is 0 Å². The van der Waals surface area contributed by atoms with Gasteiger partial charge in [-0.25, -0.2) is 4.98 Å². The molecule has 1 atom stereocenters. The lowest BCUT2D eigenvalue weighted by Gasteiger charge is -2.33. The van der Waals surface area contributed by atoms with Crippen LogP contribution in [0.15, 0.2) is 30.6 Å². The number of phenols is 1. The summed E-state index contributed by atoms with van der Waals surface area (Å²) in [6.45, 7) is 4.55. The molecule has 140 valence electrons. The molecule has 0 radical (unpaired) electrons. The van der Waals surface area contributed by atoms with Gasteiger partial charge in [0.05, 0.1) is 7.11 Å². The number of piperidine rings is 1. The fraction of sp³-hybridized carbons (Fsp3) is 0.500. The van der Waals surface area contributed by atoms with Crippen LogP contribution in [0.3, 0.4) is 0 Å². The number of phenolic OH excluding ortho intramolecular Hbond substituents is 1. The first-order valence-electron chi connectivity index (χ1n) is 9.31. The van der Waals surface area contributed by atoms with E-state index in [4.69, 9.17) is 4.74 Å². The van der Waals surface area contributed by atoms with Crippen LogP contribution in [0.1, 0.15) is 54.7 Å². The van der Waals surface area contributed by atoms with Crippen LogP contribution in [0, 0.1) is 0 Å². The number of nitrogens with zero attached hydrogens (tertiary/aromatic N) is 3. The van der Waals surface area contributed by atoms with Crippen molar-refractivity contribution in [3.8, 4) is 11.5 Å². The number of hydrogen-bond donors (Lipinski definition) is 1. The van der Waals surface area contributed by atoms with Gasteiger partial charge in [0.15, 0.2) is 11.5 Å². The third-order valence-electron chi connectivity index (χ3n) is 5.00. The minimum absolute atomic E-state index is 0.0120. The molecular formula is C20H27N3O3. The van der Waals surface area contributed by atoms with Gasteiger partial charge in [0.1, 0.15) is 5.82 Å². The maximum Gasteiger partial charge on any atom is 0.254 e. The van der Waals surface area contributed by atoms with Crippen molar-refractivity contribution in [2.45, 2.75) is 45.1 Å². The number of aromatic nitrogens is 2. The second kappa shape index (κ2) is 8.25. The number of ether oxygens (including phenoxy) is 1. The number of methoxy groups -OCH3 is 1. The maximum absolute atomic E-state index is 12.9. The fourth-order valence-electron chi connectivity index (χ4n) is 3.58. The summed E-state index contributed by atoms with van der Waals surface area (Å²) in [6.07, 6.45) is 8.16. The number of aromatic hydroxyl groups is 1. The molecular weight excluding hydrogens is 330 g/mol. The van der Waals surface area contributed by atoms with Crippen molar-refractivity contribution < 1.29 is 14.6 Å². The normalized spacial score (nSPS) is 17.3. The minimum Gasteiger partial charge on any atom is -0.504 e. The van der Waals surface area contributed by atoms with E-state index in [1.54, 1.807) is 12.1 Å². The Morgan fingerprint density at radius 3 is 3.00 bits per heavy atom. The van der Waals surface area contributed by atoms with Crippen LogP contribution in [-0.4, -0.2) is 45.7 Å². The molecule has 1 saturated heterocycles. The highest BCUT2D eigenvalue weighted by Crippen LogP contribution is 2.30. The summed E-state index contributed by atoms with van der Waals surface area (Å²) in [5, 5.41) is 9.95. The Morgan fingerprint density at radius 1 is 1.42 bits per heavy atom. The van der Waals surface area contributed by atoms with Gasteiger partial charge >= 0.3 is 0 Å². The number of carbonyl (C=O) groups is 1. The lowest BCUT2D eigenvalue weighted by atomic mass is 9.96. The van der Waals surface area contributed by atoms with Crippen LogP contribution in [0.5, 0.6) is 11.5 Å². The maximum atomic E-state index is 12.9. The number of benzene rings is 1. The number of likely N-dealkylation sites (tertiary alicyclic amines) is 1. The van der Waals surface area contributed by atoms with E-state index in [0.29, 0.717) is 17.9 Å². The van der Waals surface area contributed by atoms with E-state index < -0.39 is 0 Å². The zero-order chi connectivity index (χ0) is 18.5. The second-order valence-electron chi connectivity index (χ2n) is 6.81. The van der Waals surface area contributed by atoms with Crippen molar-refractivity contribution in [3.05, 3.63) is 42.0 Å². The number of unbranched alkanes of at least 4 members (excludes halogenated alkanes) is 1. The predicted octanol–water partition coefficient (Wildman–Crippen LogP) is 3.42. The van der Waals surface area contributed by atoms with E-state index in [1.165, 1.54) is 13.2 Å². The van der Waals surface area contributed by atoms with E-state index in [9.17, 15) is 9.90 Å². The molecule has 0 aliphatic carbocycles. The molecule has 6 nitrogen and oxygen atoms in total. The van der Waals surface area contributed by atoms with Crippen molar-refractivity contribution in [2.24, 2.45) is 0 Å². The average molecular weight is 357 g/mol. The Kier molecular flexibility index (Phi) is 5.81. The van der Waals surface area contributed by atoms with E-state index in [2.05, 4.69) is 16.5 Å². The van der Waals surface area contributed by atoms with Gasteiger partial charge in [0.25, 0.3) is 5.91 Å². The first-order chi connectivity index (χ1) is 12.6. The Bertz CT molecular complexity index is 757. The van der Waals surface area contributed by atoms with Crippen LogP contribution in [-0.2, 0) is 6.54 Å². The summed E-state index contributed by atoms with van der Waals surface area (Å²) < 4.78 is 7.27. The first-order valence-corrected chi connectivity index (χ1v) is 9.31. The van der Waals surface area contributed by atoms with E-state index in [1.807, 2.05) is 17.3 Å². The van der Waals surface area contributed by atoms with Gasteiger partial charge in [-0.3, -0.25) is 4.79 Å². The highest BCUT2D eigenvalue weighted by atomic mass is 16.5. The summed E-state index contributed by atoms with van der Waals surface area (Å²) >= 11 is 0. The fourth-order valence-corrected chi connectivity index (χ4v) is 3.58. The lowest BCUT2D eigenvalue weighted by molar-refractivity contribution is 0.0702. The summed E-state index contributed by atoms with van der Waals surface area (Å²) in [5.41, 5.74) is 0.485. The second-order valence-corrected chi connectivity index (χ2v) is 6.81. The zero-order valence-electron chi connectivity index (χ0n) is 15.5. The lowest BCUT2D eigenvalue weighted by Crippen LogP contribution is -2.39. The number of imidazole rings is 1. The van der Waals surface area contributed by atoms with Crippen molar-refractivity contribution in [2.75, 3.05) is 20.2 Å². The van der Waals surface area contributed by atoms with Gasteiger partial charge in [-0.15, -0.1) is 0 Å². The van der Waals surface area contributed by atoms with Gasteiger partial charge in [-0.05, 0) is 37.5 Å². The quantitative estimate of drug-likeness (QED) is 0.860. The molecule has 0 spiro atoms. The van der Waals surface area contributed by atoms with Crippen LogP contribution < -0.4 is 4.74 Å². The summed E-state index contributed by atoms with van der Waals surface area (Å²) in [5.74, 6) is 1.64. The number of hydrogen-bond acceptors (Lipinski definition) is 4. The molecule has 6 heteroatoms. The summed E-state index contributed by atoms with van der Waals surface area (Å²) in [6, 6.07) is 4.81. The molecule has 1 N–H and O–H groups in total. The predicted molar refractivity (Wildman–Crippen MR) is 99.7 cm³/mol. The summed E-state index contributed by atoms with van der Waals surface area (Å²) in [7, 11) is 1.49. The number of rotatable bonds is 6. The van der Waals surface area contributed by atoms with Crippen molar-refractivity contribution in [1.82, 2.24) is 14.5 Å². The molecule has 2 aromatic rings. The molecule has 1 fully saturated rings. The molecule has 1 aromatic carbocycles. The number of aryl methyl sites for hydroxylation is 1. The monoisotopic (exact) mass is 357 g/mol. The third-order valence-corrected chi connectivity index (χ3v) is 5.00. The Hall–Kier alpha value is -2.50. The summed E-state index contributed by atoms with van der Waals surface area (Å²) in [4.78, 5) is 19.3. The van der Waals surface area contributed by atoms with Crippen molar-refractivity contribution in [1.29, 1.82) is 0 Å². The van der Waals surface area contributed by atoms with Crippen molar-refractivity contribution >= 4 is 5.91 Å². The average Bonchev–Trinajstić information content (AvgIpc) is 3.14. The molecule has 2 heterocycles. The molecule has 1 aliphatic rings. The largest absolute Gasteiger partial charge is 0.504 e.